The molecule has 0 N–H and O–H groups in total. The molecule has 2 aliphatic carbocycles. The molecule has 0 aromatic heterocycles. The summed E-state index contributed by atoms with van der Waals surface area (Å²) in [6.45, 7) is 13.6. The molecule has 0 aliphatic heterocycles. The third-order valence-corrected chi connectivity index (χ3v) is 5.11. The van der Waals surface area contributed by atoms with Crippen molar-refractivity contribution in [1.29, 1.82) is 0 Å². The molecule has 4 rings (SSSR count). The first-order valence-electron chi connectivity index (χ1n) is 9.57. The first kappa shape index (κ1) is 28.4. The van der Waals surface area contributed by atoms with Crippen LogP contribution in [0.3, 0.4) is 0 Å². The smallest absolute Gasteiger partial charge is 1.00 e. The molecule has 152 valence electrons. The molecule has 2 aromatic carbocycles. The Morgan fingerprint density at radius 2 is 1.45 bits per heavy atom. The van der Waals surface area contributed by atoms with Crippen molar-refractivity contribution in [3.63, 3.8) is 0 Å². The van der Waals surface area contributed by atoms with Crippen LogP contribution in [0.25, 0.3) is 11.1 Å². The molecular weight excluding hydrogens is 474 g/mol. The maximum absolute atomic E-state index is 3.53. The van der Waals surface area contributed by atoms with Gasteiger partial charge in [0.15, 0.2) is 0 Å². The van der Waals surface area contributed by atoms with Crippen LogP contribution >= 0.6 is 0 Å². The summed E-state index contributed by atoms with van der Waals surface area (Å²) in [6.07, 6.45) is 11.0. The van der Waals surface area contributed by atoms with Crippen LogP contribution in [0, 0.1) is 12.1 Å². The van der Waals surface area contributed by atoms with Crippen molar-refractivity contribution in [3.8, 4) is 11.1 Å². The van der Waals surface area contributed by atoms with Crippen molar-refractivity contribution in [3.05, 3.63) is 83.0 Å². The van der Waals surface area contributed by atoms with Crippen LogP contribution in [-0.2, 0) is 43.5 Å². The average molecular weight is 505 g/mol. The zero-order valence-electron chi connectivity index (χ0n) is 18.3. The summed E-state index contributed by atoms with van der Waals surface area (Å²) in [6, 6.07) is 15.1. The minimum atomic E-state index is 0. The fourth-order valence-electron chi connectivity index (χ4n) is 3.32. The van der Waals surface area contributed by atoms with Gasteiger partial charge in [-0.15, -0.1) is 12.0 Å². The number of hydrogen-bond acceptors (Lipinski definition) is 0. The van der Waals surface area contributed by atoms with E-state index in [4.69, 9.17) is 0 Å². The number of allylic oxidation sites excluding steroid dienone is 4. The Balaban J connectivity index is 0.000000863. The third kappa shape index (κ3) is 6.95. The van der Waals surface area contributed by atoms with E-state index in [0.717, 1.165) is 12.8 Å². The maximum atomic E-state index is 3.53. The minimum absolute atomic E-state index is 0. The molecule has 0 radical (unpaired) electrons. The summed E-state index contributed by atoms with van der Waals surface area (Å²) >= 11 is 0. The van der Waals surface area contributed by atoms with Gasteiger partial charge in [0, 0.05) is 0 Å². The minimum Gasteiger partial charge on any atom is -1.00 e. The van der Waals surface area contributed by atoms with Gasteiger partial charge in [-0.25, -0.2) is 12.2 Å². The van der Waals surface area contributed by atoms with Crippen molar-refractivity contribution in [2.75, 3.05) is 0 Å². The Labute approximate surface area is 209 Å². The second kappa shape index (κ2) is 11.1. The van der Waals surface area contributed by atoms with E-state index in [1.54, 1.807) is 0 Å². The van der Waals surface area contributed by atoms with Crippen LogP contribution in [0.15, 0.2) is 48.6 Å². The molecule has 0 heterocycles. The van der Waals surface area contributed by atoms with E-state index in [1.807, 2.05) is 12.2 Å². The largest absolute Gasteiger partial charge is 4.00 e. The van der Waals surface area contributed by atoms with Crippen molar-refractivity contribution < 1.29 is 51.0 Å². The Kier molecular flexibility index (Phi) is 10.9. The predicted molar refractivity (Wildman–Crippen MR) is 112 cm³/mol. The van der Waals surface area contributed by atoms with Crippen LogP contribution in [0.1, 0.15) is 70.2 Å². The van der Waals surface area contributed by atoms with Crippen molar-refractivity contribution in [2.24, 2.45) is 0 Å². The molecule has 29 heavy (non-hydrogen) atoms. The fraction of sp³-hybridized carbons (Fsp3) is 0.385. The van der Waals surface area contributed by atoms with Crippen molar-refractivity contribution in [2.45, 2.75) is 65.2 Å². The van der Waals surface area contributed by atoms with Gasteiger partial charge < -0.3 is 24.8 Å². The van der Waals surface area contributed by atoms with Gasteiger partial charge in [-0.2, -0.15) is 35.4 Å². The van der Waals surface area contributed by atoms with Crippen LogP contribution in [-0.4, -0.2) is 0 Å². The van der Waals surface area contributed by atoms with E-state index in [9.17, 15) is 0 Å². The Morgan fingerprint density at radius 1 is 0.828 bits per heavy atom. The molecule has 2 aromatic rings. The summed E-state index contributed by atoms with van der Waals surface area (Å²) in [7, 11) is 0. The normalized spacial score (nSPS) is 13.2. The number of halogens is 2. The number of benzene rings is 2. The zero-order valence-corrected chi connectivity index (χ0v) is 22.3. The van der Waals surface area contributed by atoms with Gasteiger partial charge >= 0.3 is 26.2 Å². The van der Waals surface area contributed by atoms with Gasteiger partial charge in [-0.3, -0.25) is 6.08 Å². The summed E-state index contributed by atoms with van der Waals surface area (Å²) in [5.74, 6) is 0. The number of fused-ring (bicyclic) bond motifs is 3. The second-order valence-electron chi connectivity index (χ2n) is 9.33. The topological polar surface area (TPSA) is 0 Å². The molecule has 0 atom stereocenters. The van der Waals surface area contributed by atoms with Gasteiger partial charge in [0.2, 0.25) is 0 Å². The van der Waals surface area contributed by atoms with Gasteiger partial charge in [-0.05, 0) is 17.4 Å². The van der Waals surface area contributed by atoms with Crippen LogP contribution in [0.5, 0.6) is 0 Å². The van der Waals surface area contributed by atoms with E-state index >= 15 is 0 Å². The van der Waals surface area contributed by atoms with E-state index in [2.05, 4.69) is 90.1 Å². The Morgan fingerprint density at radius 3 is 1.93 bits per heavy atom. The van der Waals surface area contributed by atoms with E-state index in [0.29, 0.717) is 0 Å². The predicted octanol–water partition coefficient (Wildman–Crippen LogP) is 0.964. The molecular formula is C26H30Cl2Zr. The monoisotopic (exact) mass is 502 g/mol. The third-order valence-electron chi connectivity index (χ3n) is 5.11. The molecule has 3 heteroatoms. The molecule has 0 bridgehead atoms. The standard InChI is InChI=1S/C21H25.C5H5.2ClH.Zr/c1-20(2,3)16-9-7-14-11-15-8-10-17(21(4,5)6)13-19(15)18(14)12-16;1-2-4-5-3-1;;;/h7,9-10,12-13H,11H2,1-6H3;1-3H,4H2;2*1H;/q2*-1;;;+4/p-2. The van der Waals surface area contributed by atoms with Gasteiger partial charge in [0.1, 0.15) is 0 Å². The van der Waals surface area contributed by atoms with Crippen molar-refractivity contribution in [1.82, 2.24) is 0 Å². The molecule has 0 nitrogen and oxygen atoms in total. The maximum Gasteiger partial charge on any atom is 4.00 e. The van der Waals surface area contributed by atoms with Gasteiger partial charge in [0.25, 0.3) is 0 Å². The fourth-order valence-corrected chi connectivity index (χ4v) is 3.32. The molecule has 0 saturated carbocycles. The summed E-state index contributed by atoms with van der Waals surface area (Å²) in [5, 5.41) is 0. The van der Waals surface area contributed by atoms with Crippen molar-refractivity contribution >= 4 is 0 Å². The first-order chi connectivity index (χ1) is 12.2. The molecule has 2 aliphatic rings. The van der Waals surface area contributed by atoms with E-state index in [-0.39, 0.29) is 61.8 Å². The van der Waals surface area contributed by atoms with E-state index in [1.165, 1.54) is 33.4 Å². The number of rotatable bonds is 0. The summed E-state index contributed by atoms with van der Waals surface area (Å²) in [5.41, 5.74) is 8.76. The number of hydrogen-bond donors (Lipinski definition) is 0. The average Bonchev–Trinajstić information content (AvgIpc) is 3.23. The van der Waals surface area contributed by atoms with E-state index < -0.39 is 0 Å². The van der Waals surface area contributed by atoms with Crippen LogP contribution < -0.4 is 24.8 Å². The van der Waals surface area contributed by atoms with Crippen LogP contribution in [0.4, 0.5) is 0 Å². The van der Waals surface area contributed by atoms with Gasteiger partial charge in [0.05, 0.1) is 0 Å². The molecule has 0 unspecified atom stereocenters. The summed E-state index contributed by atoms with van der Waals surface area (Å²) in [4.78, 5) is 0. The summed E-state index contributed by atoms with van der Waals surface area (Å²) < 4.78 is 0. The SMILES string of the molecule is CC(C)(C)c1c[c-]c2c(c1)-c1cc(C(C)(C)C)ccc1C2.[C-]1=CC=CC1.[Cl-].[Cl-].[Zr+4]. The molecule has 0 amide bonds. The first-order valence-corrected chi connectivity index (χ1v) is 9.57. The Bertz CT molecular complexity index is 794. The second-order valence-corrected chi connectivity index (χ2v) is 9.33. The molecule has 0 spiro atoms. The van der Waals surface area contributed by atoms with Crippen LogP contribution in [0.2, 0.25) is 0 Å². The molecule has 0 fully saturated rings. The Hall–Kier alpha value is -0.617. The van der Waals surface area contributed by atoms with Gasteiger partial charge in [-0.1, -0.05) is 76.3 Å². The molecule has 0 saturated heterocycles. The zero-order chi connectivity index (χ0) is 18.9. The quantitative estimate of drug-likeness (QED) is 0.401.